The van der Waals surface area contributed by atoms with E-state index in [1.54, 1.807) is 11.6 Å². The maximum Gasteiger partial charge on any atom is 0.421 e. The van der Waals surface area contributed by atoms with Gasteiger partial charge in [-0.2, -0.15) is 13.1 Å². The number of aliphatic hydroxyl groups excluding tert-OH is 1. The van der Waals surface area contributed by atoms with Crippen LogP contribution < -0.4 is 9.44 Å². The smallest absolute Gasteiger partial charge is 0.421 e. The molecule has 1 rings (SSSR count). The molecule has 0 heterocycles. The fourth-order valence-electron chi connectivity index (χ4n) is 1.88. The first kappa shape index (κ1) is 15.2. The van der Waals surface area contributed by atoms with Gasteiger partial charge in [-0.05, 0) is 38.5 Å². The normalized spacial score (nSPS) is 24.6. The quantitative estimate of drug-likeness (QED) is 0.663. The molecule has 0 bridgehead atoms. The number of nitrogens with one attached hydrogen (secondary N) is 2. The summed E-state index contributed by atoms with van der Waals surface area (Å²) >= 11 is 0. The Balaban J connectivity index is 2.31. The second kappa shape index (κ2) is 6.91. The molecule has 0 aromatic rings. The van der Waals surface area contributed by atoms with Crippen LogP contribution in [0.3, 0.4) is 0 Å². The third-order valence-corrected chi connectivity index (χ3v) is 3.85. The summed E-state index contributed by atoms with van der Waals surface area (Å²) in [7, 11) is -3.85. The van der Waals surface area contributed by atoms with Crippen molar-refractivity contribution < 1.29 is 23.1 Å². The van der Waals surface area contributed by atoms with Crippen LogP contribution in [-0.4, -0.2) is 38.9 Å². The van der Waals surface area contributed by atoms with E-state index in [0.29, 0.717) is 12.8 Å². The molecule has 0 unspecified atom stereocenters. The second-order valence-corrected chi connectivity index (χ2v) is 5.85. The van der Waals surface area contributed by atoms with Gasteiger partial charge in [-0.3, -0.25) is 0 Å². The maximum absolute atomic E-state index is 11.5. The molecular weight excluding hydrogens is 260 g/mol. The molecule has 0 spiro atoms. The van der Waals surface area contributed by atoms with E-state index in [2.05, 4.69) is 9.46 Å². The van der Waals surface area contributed by atoms with Crippen molar-refractivity contribution >= 4 is 16.3 Å². The Morgan fingerprint density at radius 3 is 2.50 bits per heavy atom. The molecule has 1 aliphatic rings. The SMILES string of the molecule is CCOC(=O)NS(=O)(=O)NCC1CCC(O)CC1. The third kappa shape index (κ3) is 5.65. The Bertz CT molecular complexity index is 362. The van der Waals surface area contributed by atoms with Crippen LogP contribution in [0.4, 0.5) is 4.79 Å². The first-order chi connectivity index (χ1) is 8.43. The number of carbonyl (C=O) groups is 1. The van der Waals surface area contributed by atoms with Crippen molar-refractivity contribution in [1.82, 2.24) is 9.44 Å². The van der Waals surface area contributed by atoms with Crippen molar-refractivity contribution in [3.63, 3.8) is 0 Å². The summed E-state index contributed by atoms with van der Waals surface area (Å²) < 4.78 is 31.4. The predicted molar refractivity (Wildman–Crippen MR) is 65.0 cm³/mol. The molecule has 0 radical (unpaired) electrons. The van der Waals surface area contributed by atoms with Crippen LogP contribution in [-0.2, 0) is 14.9 Å². The lowest BCUT2D eigenvalue weighted by atomic mass is 9.88. The highest BCUT2D eigenvalue weighted by Gasteiger charge is 2.22. The highest BCUT2D eigenvalue weighted by molar-refractivity contribution is 7.88. The largest absolute Gasteiger partial charge is 0.449 e. The van der Waals surface area contributed by atoms with Crippen LogP contribution in [0.2, 0.25) is 0 Å². The van der Waals surface area contributed by atoms with Crippen molar-refractivity contribution in [2.75, 3.05) is 13.2 Å². The molecule has 106 valence electrons. The summed E-state index contributed by atoms with van der Waals surface area (Å²) in [6.07, 6.45) is 1.70. The van der Waals surface area contributed by atoms with E-state index < -0.39 is 16.3 Å². The summed E-state index contributed by atoms with van der Waals surface area (Å²) in [5, 5.41) is 9.32. The number of carbonyl (C=O) groups excluding carboxylic acids is 1. The number of ether oxygens (including phenoxy) is 1. The molecule has 8 heteroatoms. The number of hydrogen-bond acceptors (Lipinski definition) is 5. The van der Waals surface area contributed by atoms with Gasteiger partial charge < -0.3 is 9.84 Å². The van der Waals surface area contributed by atoms with Crippen LogP contribution in [0.1, 0.15) is 32.6 Å². The first-order valence-electron chi connectivity index (χ1n) is 6.05. The standard InChI is InChI=1S/C10H20N2O5S/c1-2-17-10(14)12-18(15,16)11-7-8-3-5-9(13)6-4-8/h8-9,11,13H,2-7H2,1H3,(H,12,14). The van der Waals surface area contributed by atoms with Gasteiger partial charge in [0.2, 0.25) is 0 Å². The summed E-state index contributed by atoms with van der Waals surface area (Å²) in [4.78, 5) is 11.0. The molecule has 1 fully saturated rings. The van der Waals surface area contributed by atoms with Gasteiger partial charge in [0.05, 0.1) is 12.7 Å². The molecule has 1 aliphatic carbocycles. The van der Waals surface area contributed by atoms with E-state index >= 15 is 0 Å². The van der Waals surface area contributed by atoms with E-state index in [-0.39, 0.29) is 25.2 Å². The minimum Gasteiger partial charge on any atom is -0.449 e. The van der Waals surface area contributed by atoms with Crippen LogP contribution in [0.15, 0.2) is 0 Å². The van der Waals surface area contributed by atoms with Crippen molar-refractivity contribution in [2.45, 2.75) is 38.7 Å². The Morgan fingerprint density at radius 2 is 1.94 bits per heavy atom. The summed E-state index contributed by atoms with van der Waals surface area (Å²) in [6, 6.07) is 0. The zero-order valence-electron chi connectivity index (χ0n) is 10.4. The lowest BCUT2D eigenvalue weighted by Gasteiger charge is -2.25. The van der Waals surface area contributed by atoms with Crippen molar-refractivity contribution in [3.05, 3.63) is 0 Å². The van der Waals surface area contributed by atoms with Crippen molar-refractivity contribution in [1.29, 1.82) is 0 Å². The molecular formula is C10H20N2O5S. The average molecular weight is 280 g/mol. The van der Waals surface area contributed by atoms with Gasteiger partial charge in [-0.1, -0.05) is 0 Å². The van der Waals surface area contributed by atoms with Crippen molar-refractivity contribution in [3.8, 4) is 0 Å². The summed E-state index contributed by atoms with van der Waals surface area (Å²) in [6.45, 7) is 1.97. The van der Waals surface area contributed by atoms with Crippen LogP contribution in [0.25, 0.3) is 0 Å². The van der Waals surface area contributed by atoms with Gasteiger partial charge in [0.25, 0.3) is 0 Å². The van der Waals surface area contributed by atoms with E-state index in [0.717, 1.165) is 12.8 Å². The molecule has 0 atom stereocenters. The zero-order chi connectivity index (χ0) is 13.6. The third-order valence-electron chi connectivity index (χ3n) is 2.87. The highest BCUT2D eigenvalue weighted by Crippen LogP contribution is 2.23. The molecule has 0 saturated heterocycles. The minimum absolute atomic E-state index is 0.113. The minimum atomic E-state index is -3.85. The molecule has 0 aromatic carbocycles. The lowest BCUT2D eigenvalue weighted by molar-refractivity contribution is 0.109. The predicted octanol–water partition coefficient (Wildman–Crippen LogP) is 0.118. The molecule has 7 nitrogen and oxygen atoms in total. The number of rotatable bonds is 5. The molecule has 3 N–H and O–H groups in total. The molecule has 1 amide bonds. The van der Waals surface area contributed by atoms with Crippen LogP contribution in [0, 0.1) is 5.92 Å². The fraction of sp³-hybridized carbons (Fsp3) is 0.900. The highest BCUT2D eigenvalue weighted by atomic mass is 32.2. The second-order valence-electron chi connectivity index (χ2n) is 4.35. The number of amides is 1. The van der Waals surface area contributed by atoms with Gasteiger partial charge >= 0.3 is 16.3 Å². The monoisotopic (exact) mass is 280 g/mol. The van der Waals surface area contributed by atoms with Gasteiger partial charge in [0, 0.05) is 6.54 Å². The van der Waals surface area contributed by atoms with Gasteiger partial charge in [-0.15, -0.1) is 0 Å². The summed E-state index contributed by atoms with van der Waals surface area (Å²) in [5.41, 5.74) is 0. The molecule has 1 saturated carbocycles. The summed E-state index contributed by atoms with van der Waals surface area (Å²) in [5.74, 6) is 0.201. The zero-order valence-corrected chi connectivity index (χ0v) is 11.2. The van der Waals surface area contributed by atoms with E-state index in [1.165, 1.54) is 0 Å². The van der Waals surface area contributed by atoms with Crippen LogP contribution in [0.5, 0.6) is 0 Å². The van der Waals surface area contributed by atoms with E-state index in [4.69, 9.17) is 0 Å². The average Bonchev–Trinajstić information content (AvgIpc) is 2.28. The Morgan fingerprint density at radius 1 is 1.33 bits per heavy atom. The molecule has 18 heavy (non-hydrogen) atoms. The topological polar surface area (TPSA) is 105 Å². The van der Waals surface area contributed by atoms with Crippen molar-refractivity contribution in [2.24, 2.45) is 5.92 Å². The number of hydrogen-bond donors (Lipinski definition) is 3. The number of aliphatic hydroxyl groups is 1. The lowest BCUT2D eigenvalue weighted by Crippen LogP contribution is -2.42. The van der Waals surface area contributed by atoms with Gasteiger partial charge in [-0.25, -0.2) is 9.52 Å². The Labute approximate surface area is 107 Å². The Kier molecular flexibility index (Phi) is 5.83. The van der Waals surface area contributed by atoms with Gasteiger partial charge in [0.1, 0.15) is 0 Å². The van der Waals surface area contributed by atoms with Crippen LogP contribution >= 0.6 is 0 Å². The van der Waals surface area contributed by atoms with Gasteiger partial charge in [0.15, 0.2) is 0 Å². The Hall–Kier alpha value is -0.860. The van der Waals surface area contributed by atoms with E-state index in [9.17, 15) is 18.3 Å². The first-order valence-corrected chi connectivity index (χ1v) is 7.53. The fourth-order valence-corrected chi connectivity index (χ4v) is 2.69. The molecule has 0 aliphatic heterocycles. The van der Waals surface area contributed by atoms with E-state index in [1.807, 2.05) is 0 Å². The maximum atomic E-state index is 11.5. The molecule has 0 aromatic heterocycles.